The van der Waals surface area contributed by atoms with Crippen LogP contribution in [0.2, 0.25) is 0 Å². The van der Waals surface area contributed by atoms with Crippen LogP contribution in [0.15, 0.2) is 16.6 Å². The van der Waals surface area contributed by atoms with Gasteiger partial charge in [0.25, 0.3) is 0 Å². The van der Waals surface area contributed by atoms with Gasteiger partial charge in [0.1, 0.15) is 17.8 Å². The van der Waals surface area contributed by atoms with Crippen LogP contribution in [0.4, 0.5) is 5.69 Å². The number of halogens is 1. The zero-order chi connectivity index (χ0) is 15.7. The van der Waals surface area contributed by atoms with Gasteiger partial charge < -0.3 is 0 Å². The Balaban J connectivity index is 2.14. The van der Waals surface area contributed by atoms with E-state index in [9.17, 15) is 4.79 Å². The molecule has 1 fully saturated rings. The summed E-state index contributed by atoms with van der Waals surface area (Å²) in [7, 11) is 0. The first-order valence-electron chi connectivity index (χ1n) is 7.83. The Bertz CT molecular complexity index is 619. The van der Waals surface area contributed by atoms with Crippen molar-refractivity contribution in [1.82, 2.24) is 4.48 Å². The van der Waals surface area contributed by atoms with Crippen molar-refractivity contribution in [2.24, 2.45) is 5.41 Å². The van der Waals surface area contributed by atoms with E-state index in [2.05, 4.69) is 69.6 Å². The molecule has 2 unspecified atom stereocenters. The first-order chi connectivity index (χ1) is 9.60. The van der Waals surface area contributed by atoms with E-state index in [-0.39, 0.29) is 5.41 Å². The van der Waals surface area contributed by atoms with E-state index < -0.39 is 0 Å². The Morgan fingerprint density at radius 3 is 2.33 bits per heavy atom. The average molecular weight is 351 g/mol. The lowest BCUT2D eigenvalue weighted by Gasteiger charge is -2.52. The number of carbonyl (C=O) groups is 1. The molecule has 0 saturated carbocycles. The van der Waals surface area contributed by atoms with Gasteiger partial charge in [-0.1, -0.05) is 36.7 Å². The summed E-state index contributed by atoms with van der Waals surface area (Å²) in [6.07, 6.45) is 0.642. The third-order valence-corrected chi connectivity index (χ3v) is 5.90. The minimum absolute atomic E-state index is 0.0423. The van der Waals surface area contributed by atoms with E-state index in [1.807, 2.05) is 0 Å². The molecule has 114 valence electrons. The van der Waals surface area contributed by atoms with Crippen molar-refractivity contribution in [1.29, 1.82) is 0 Å². The number of hydrogen-bond acceptors (Lipinski definition) is 1. The van der Waals surface area contributed by atoms with Crippen molar-refractivity contribution in [3.63, 3.8) is 0 Å². The van der Waals surface area contributed by atoms with Crippen molar-refractivity contribution in [3.8, 4) is 0 Å². The summed E-state index contributed by atoms with van der Waals surface area (Å²) in [6.45, 7) is 13.1. The monoisotopic (exact) mass is 350 g/mol. The lowest BCUT2D eigenvalue weighted by Crippen LogP contribution is -2.74. The smallest absolute Gasteiger partial charge is 0.230 e. The molecule has 2 nitrogen and oxygen atoms in total. The van der Waals surface area contributed by atoms with Gasteiger partial charge in [-0.3, -0.25) is 0 Å². The number of benzene rings is 1. The second-order valence-electron chi connectivity index (χ2n) is 8.08. The van der Waals surface area contributed by atoms with Gasteiger partial charge in [-0.2, -0.15) is 0 Å². The van der Waals surface area contributed by atoms with E-state index in [1.165, 1.54) is 16.8 Å². The van der Waals surface area contributed by atoms with Crippen LogP contribution in [0.1, 0.15) is 58.1 Å². The predicted molar refractivity (Wildman–Crippen MR) is 91.4 cm³/mol. The van der Waals surface area contributed by atoms with E-state index in [0.717, 1.165) is 4.47 Å². The molecule has 1 aromatic rings. The highest BCUT2D eigenvalue weighted by molar-refractivity contribution is 9.10. The standard InChI is InChI=1S/C18H25BrNO/c1-10-7-13(19)8-14-16-11(2)20(12(16)3,17(10)14)15(21)9-18(4,5)6/h7-8,11-12,16H,9H2,1-6H3/q+1. The molecule has 21 heavy (non-hydrogen) atoms. The fraction of sp³-hybridized carbons (Fsp3) is 0.611. The summed E-state index contributed by atoms with van der Waals surface area (Å²) in [6, 6.07) is 5.16. The van der Waals surface area contributed by atoms with Crippen LogP contribution in [0, 0.1) is 12.3 Å². The van der Waals surface area contributed by atoms with E-state index >= 15 is 0 Å². The molecular weight excluding hydrogens is 326 g/mol. The number of aryl methyl sites for hydroxylation is 1. The van der Waals surface area contributed by atoms with Gasteiger partial charge in [0.05, 0.1) is 12.3 Å². The number of rotatable bonds is 1. The fourth-order valence-electron chi connectivity index (χ4n) is 4.79. The summed E-state index contributed by atoms with van der Waals surface area (Å²) < 4.78 is 1.71. The zero-order valence-electron chi connectivity index (χ0n) is 13.8. The lowest BCUT2D eigenvalue weighted by atomic mass is 9.79. The molecule has 2 atom stereocenters. The summed E-state index contributed by atoms with van der Waals surface area (Å²) in [5, 5.41) is 0. The normalized spacial score (nSPS) is 33.6. The predicted octanol–water partition coefficient (Wildman–Crippen LogP) is 4.92. The van der Waals surface area contributed by atoms with Crippen molar-refractivity contribution in [2.45, 2.75) is 66.0 Å². The number of nitrogens with zero attached hydrogens (tertiary/aromatic N) is 1. The highest BCUT2D eigenvalue weighted by Gasteiger charge is 2.71. The SMILES string of the molecule is Cc1cc(Br)cc2c1[N+]1(C(=O)CC(C)(C)C)C(C)C2C1C. The first kappa shape index (κ1) is 15.2. The quantitative estimate of drug-likeness (QED) is 0.657. The van der Waals surface area contributed by atoms with Gasteiger partial charge in [0.15, 0.2) is 0 Å². The average Bonchev–Trinajstić information content (AvgIpc) is 2.72. The van der Waals surface area contributed by atoms with Crippen molar-refractivity contribution < 1.29 is 4.79 Å². The van der Waals surface area contributed by atoms with Crippen LogP contribution in [0.5, 0.6) is 0 Å². The van der Waals surface area contributed by atoms with E-state index in [1.54, 1.807) is 0 Å². The van der Waals surface area contributed by atoms with Crippen molar-refractivity contribution in [2.75, 3.05) is 0 Å². The maximum absolute atomic E-state index is 13.2. The third-order valence-electron chi connectivity index (χ3n) is 5.44. The highest BCUT2D eigenvalue weighted by atomic mass is 79.9. The Labute approximate surface area is 136 Å². The molecule has 0 aliphatic carbocycles. The molecule has 3 heterocycles. The molecule has 1 aromatic carbocycles. The molecule has 3 aliphatic rings. The Hall–Kier alpha value is -0.670. The van der Waals surface area contributed by atoms with Crippen LogP contribution in [-0.2, 0) is 4.79 Å². The minimum Gasteiger partial charge on any atom is -0.230 e. The fourth-order valence-corrected chi connectivity index (χ4v) is 5.38. The third kappa shape index (κ3) is 1.83. The van der Waals surface area contributed by atoms with Gasteiger partial charge in [0.2, 0.25) is 0 Å². The molecule has 0 spiro atoms. The van der Waals surface area contributed by atoms with Crippen LogP contribution >= 0.6 is 15.9 Å². The van der Waals surface area contributed by atoms with Gasteiger partial charge in [-0.15, -0.1) is 0 Å². The minimum atomic E-state index is 0.0423. The van der Waals surface area contributed by atoms with Gasteiger partial charge in [-0.25, -0.2) is 9.28 Å². The lowest BCUT2D eigenvalue weighted by molar-refractivity contribution is -0.142. The number of hydrogen-bond donors (Lipinski definition) is 0. The Kier molecular flexibility index (Phi) is 3.21. The van der Waals surface area contributed by atoms with Crippen LogP contribution in [0.3, 0.4) is 0 Å². The molecule has 4 rings (SSSR count). The molecule has 0 radical (unpaired) electrons. The van der Waals surface area contributed by atoms with Crippen molar-refractivity contribution in [3.05, 3.63) is 27.7 Å². The second-order valence-corrected chi connectivity index (χ2v) is 8.99. The highest BCUT2D eigenvalue weighted by Crippen LogP contribution is 2.62. The molecule has 1 saturated heterocycles. The summed E-state index contributed by atoms with van der Waals surface area (Å²) >= 11 is 3.61. The van der Waals surface area contributed by atoms with Crippen LogP contribution in [0.25, 0.3) is 0 Å². The molecule has 0 aromatic heterocycles. The molecule has 1 amide bonds. The summed E-state index contributed by atoms with van der Waals surface area (Å²) in [4.78, 5) is 13.2. The molecule has 3 heteroatoms. The zero-order valence-corrected chi connectivity index (χ0v) is 15.4. The molecule has 2 bridgehead atoms. The summed E-state index contributed by atoms with van der Waals surface area (Å²) in [5.74, 6) is 0.919. The van der Waals surface area contributed by atoms with E-state index in [4.69, 9.17) is 0 Å². The summed E-state index contributed by atoms with van der Waals surface area (Å²) in [5.41, 5.74) is 3.97. The number of carbonyl (C=O) groups excluding carboxylic acids is 1. The van der Waals surface area contributed by atoms with Crippen LogP contribution < -0.4 is 4.48 Å². The largest absolute Gasteiger partial charge is 0.319 e. The topological polar surface area (TPSA) is 17.1 Å². The second kappa shape index (κ2) is 4.42. The maximum Gasteiger partial charge on any atom is 0.319 e. The van der Waals surface area contributed by atoms with Gasteiger partial charge in [-0.05, 0) is 38.3 Å². The molecular formula is C18H25BrNO+. The number of quaternary nitrogens is 1. The molecule has 0 N–H and O–H groups in total. The van der Waals surface area contributed by atoms with Gasteiger partial charge >= 0.3 is 5.91 Å². The Morgan fingerprint density at radius 2 is 1.81 bits per heavy atom. The van der Waals surface area contributed by atoms with E-state index in [0.29, 0.717) is 34.8 Å². The maximum atomic E-state index is 13.2. The van der Waals surface area contributed by atoms with Gasteiger partial charge in [0, 0.05) is 15.6 Å². The van der Waals surface area contributed by atoms with Crippen molar-refractivity contribution >= 4 is 27.5 Å². The number of amides is 1. The molecule has 3 aliphatic heterocycles. The Morgan fingerprint density at radius 1 is 1.24 bits per heavy atom. The first-order valence-corrected chi connectivity index (χ1v) is 8.62. The van der Waals surface area contributed by atoms with Crippen LogP contribution in [-0.4, -0.2) is 18.0 Å².